The highest BCUT2D eigenvalue weighted by Crippen LogP contribution is 2.37. The lowest BCUT2D eigenvalue weighted by atomic mass is 9.88. The van der Waals surface area contributed by atoms with Crippen LogP contribution < -0.4 is 10.5 Å². The van der Waals surface area contributed by atoms with Gasteiger partial charge < -0.3 is 9.52 Å². The van der Waals surface area contributed by atoms with Gasteiger partial charge in [0.25, 0.3) is 10.0 Å². The fourth-order valence-corrected chi connectivity index (χ4v) is 5.35. The number of nitrogens with one attached hydrogen (secondary N) is 2. The van der Waals surface area contributed by atoms with Crippen molar-refractivity contribution < 1.29 is 35.5 Å². The third-order valence-electron chi connectivity index (χ3n) is 6.00. The Hall–Kier alpha value is -2.55. The maximum atomic E-state index is 14.8. The Kier molecular flexibility index (Phi) is 7.57. The molecule has 0 fully saturated rings. The number of sulfonamides is 1. The first-order valence-corrected chi connectivity index (χ1v) is 12.4. The standard InChI is InChI=1S/C21H23ClF4N4O5S/c1-9-5-6-12(23)14(10(9)2)11(3)15(18-28-29-19(32)35-18)30-36(33,34)13-7-8-20(4,22)16(27-13)17(31)21(24,25)26/h5-8,11,15-17,30-31H,1-4H3,(H,29,32)/t11-,15+,16?,17?,20?/m1/s1. The molecule has 3 unspecified atom stereocenters. The van der Waals surface area contributed by atoms with Crippen LogP contribution in [0.5, 0.6) is 0 Å². The Morgan fingerprint density at radius 1 is 1.31 bits per heavy atom. The number of aliphatic hydroxyl groups excluding tert-OH is 1. The van der Waals surface area contributed by atoms with E-state index in [0.717, 1.165) is 19.1 Å². The van der Waals surface area contributed by atoms with Crippen molar-refractivity contribution in [2.75, 3.05) is 0 Å². The van der Waals surface area contributed by atoms with Crippen LogP contribution in [-0.4, -0.2) is 52.0 Å². The molecule has 1 aliphatic heterocycles. The Morgan fingerprint density at radius 3 is 2.50 bits per heavy atom. The number of hydrogen-bond donors (Lipinski definition) is 3. The number of benzene rings is 1. The first kappa shape index (κ1) is 28.0. The predicted octanol–water partition coefficient (Wildman–Crippen LogP) is 3.14. The molecule has 36 heavy (non-hydrogen) atoms. The number of rotatable bonds is 6. The number of hydrogen-bond acceptors (Lipinski definition) is 7. The van der Waals surface area contributed by atoms with Crippen LogP contribution in [-0.2, 0) is 10.0 Å². The van der Waals surface area contributed by atoms with Gasteiger partial charge in [-0.25, -0.2) is 22.7 Å². The number of aromatic amines is 1. The topological polar surface area (TPSA) is 138 Å². The summed E-state index contributed by atoms with van der Waals surface area (Å²) >= 11 is 6.06. The molecule has 0 saturated carbocycles. The fourth-order valence-electron chi connectivity index (χ4n) is 3.85. The largest absolute Gasteiger partial charge is 0.434 e. The van der Waals surface area contributed by atoms with Crippen LogP contribution in [0.1, 0.15) is 48.4 Å². The zero-order chi connectivity index (χ0) is 27.2. The first-order valence-electron chi connectivity index (χ1n) is 10.5. The van der Waals surface area contributed by atoms with E-state index >= 15 is 0 Å². The van der Waals surface area contributed by atoms with E-state index in [1.807, 2.05) is 5.10 Å². The van der Waals surface area contributed by atoms with Gasteiger partial charge in [0.05, 0.1) is 4.87 Å². The third kappa shape index (κ3) is 5.56. The van der Waals surface area contributed by atoms with Crippen LogP contribution in [0, 0.1) is 19.7 Å². The lowest BCUT2D eigenvalue weighted by molar-refractivity contribution is -0.210. The van der Waals surface area contributed by atoms with E-state index in [1.165, 1.54) is 19.1 Å². The molecule has 1 aliphatic rings. The molecule has 3 N–H and O–H groups in total. The minimum absolute atomic E-state index is 0.105. The van der Waals surface area contributed by atoms with Crippen molar-refractivity contribution in [3.8, 4) is 0 Å². The molecule has 3 rings (SSSR count). The number of nitrogens with zero attached hydrogens (tertiary/aromatic N) is 2. The molecule has 1 aromatic carbocycles. The number of aliphatic imine (C=N–C) groups is 1. The van der Waals surface area contributed by atoms with E-state index in [1.54, 1.807) is 13.8 Å². The van der Waals surface area contributed by atoms with E-state index in [2.05, 4.69) is 14.8 Å². The molecule has 2 heterocycles. The number of dihydropyridines is 1. The number of aliphatic hydroxyl groups is 1. The zero-order valence-electron chi connectivity index (χ0n) is 19.4. The van der Waals surface area contributed by atoms with E-state index < -0.39 is 67.7 Å². The van der Waals surface area contributed by atoms with Gasteiger partial charge in [-0.05, 0) is 49.6 Å². The SMILES string of the molecule is Cc1ccc(F)c([C@@H](C)[C@H](NS(=O)(=O)C2=NC(C(O)C(F)(F)F)C(C)(Cl)C=C2)c2n[nH]c(=O)o2)c1C. The predicted molar refractivity (Wildman–Crippen MR) is 123 cm³/mol. The molecular weight excluding hydrogens is 532 g/mol. The van der Waals surface area contributed by atoms with Crippen LogP contribution in [0.3, 0.4) is 0 Å². The molecule has 0 bridgehead atoms. The highest BCUT2D eigenvalue weighted by molar-refractivity contribution is 8.05. The number of alkyl halides is 4. The Labute approximate surface area is 208 Å². The average Bonchev–Trinajstić information content (AvgIpc) is 3.19. The summed E-state index contributed by atoms with van der Waals surface area (Å²) in [6.07, 6.45) is -6.34. The normalized spacial score (nSPS) is 23.3. The quantitative estimate of drug-likeness (QED) is 0.370. The maximum absolute atomic E-state index is 14.8. The smallest absolute Gasteiger partial charge is 0.391 e. The van der Waals surface area contributed by atoms with E-state index in [4.69, 9.17) is 16.0 Å². The van der Waals surface area contributed by atoms with Gasteiger partial charge in [0.1, 0.15) is 17.9 Å². The molecule has 0 spiro atoms. The summed E-state index contributed by atoms with van der Waals surface area (Å²) < 4.78 is 87.9. The molecule has 2 aromatic rings. The van der Waals surface area contributed by atoms with Crippen LogP contribution >= 0.6 is 11.6 Å². The minimum atomic E-state index is -5.13. The summed E-state index contributed by atoms with van der Waals surface area (Å²) in [5.41, 5.74) is 1.31. The summed E-state index contributed by atoms with van der Waals surface area (Å²) in [6, 6.07) is -0.841. The lowest BCUT2D eigenvalue weighted by Gasteiger charge is -2.34. The third-order valence-corrected chi connectivity index (χ3v) is 7.70. The Bertz CT molecular complexity index is 1370. The molecular formula is C21H23ClF4N4O5S. The van der Waals surface area contributed by atoms with Gasteiger partial charge in [0.2, 0.25) is 5.89 Å². The second kappa shape index (κ2) is 9.72. The highest BCUT2D eigenvalue weighted by Gasteiger charge is 2.51. The summed E-state index contributed by atoms with van der Waals surface area (Å²) in [5.74, 6) is -3.11. The minimum Gasteiger partial charge on any atom is -0.391 e. The van der Waals surface area contributed by atoms with Crippen molar-refractivity contribution >= 4 is 26.7 Å². The van der Waals surface area contributed by atoms with Gasteiger partial charge in [0, 0.05) is 5.92 Å². The van der Waals surface area contributed by atoms with Crippen LogP contribution in [0.25, 0.3) is 0 Å². The molecule has 0 radical (unpaired) electrons. The van der Waals surface area contributed by atoms with Gasteiger partial charge in [-0.2, -0.15) is 17.9 Å². The maximum Gasteiger partial charge on any atom is 0.434 e. The van der Waals surface area contributed by atoms with Crippen LogP contribution in [0.15, 0.2) is 38.5 Å². The molecule has 0 saturated heterocycles. The highest BCUT2D eigenvalue weighted by atomic mass is 35.5. The second-order valence-corrected chi connectivity index (χ2v) is 11.1. The van der Waals surface area contributed by atoms with Crippen molar-refractivity contribution in [3.63, 3.8) is 0 Å². The monoisotopic (exact) mass is 554 g/mol. The fraction of sp³-hybridized carbons (Fsp3) is 0.476. The Morgan fingerprint density at radius 2 is 1.94 bits per heavy atom. The van der Waals surface area contributed by atoms with Gasteiger partial charge in [0.15, 0.2) is 11.1 Å². The lowest BCUT2D eigenvalue weighted by Crippen LogP contribution is -2.50. The van der Waals surface area contributed by atoms with Crippen molar-refractivity contribution in [2.45, 2.75) is 62.9 Å². The van der Waals surface area contributed by atoms with E-state index in [0.29, 0.717) is 11.1 Å². The summed E-state index contributed by atoms with van der Waals surface area (Å²) in [5, 5.41) is 14.5. The number of halogens is 5. The molecule has 198 valence electrons. The second-order valence-electron chi connectivity index (χ2n) is 8.63. The van der Waals surface area contributed by atoms with Crippen molar-refractivity contribution in [1.82, 2.24) is 14.9 Å². The van der Waals surface area contributed by atoms with Crippen LogP contribution in [0.2, 0.25) is 0 Å². The molecule has 5 atom stereocenters. The van der Waals surface area contributed by atoms with Gasteiger partial charge in [-0.15, -0.1) is 16.7 Å². The first-order chi connectivity index (χ1) is 16.5. The van der Waals surface area contributed by atoms with Crippen LogP contribution in [0.4, 0.5) is 17.6 Å². The summed E-state index contributed by atoms with van der Waals surface area (Å²) in [6.45, 7) is 5.93. The molecule has 0 aliphatic carbocycles. The molecule has 15 heteroatoms. The van der Waals surface area contributed by atoms with Gasteiger partial charge >= 0.3 is 11.9 Å². The van der Waals surface area contributed by atoms with Crippen molar-refractivity contribution in [2.24, 2.45) is 4.99 Å². The summed E-state index contributed by atoms with van der Waals surface area (Å²) in [7, 11) is -4.73. The summed E-state index contributed by atoms with van der Waals surface area (Å²) in [4.78, 5) is 13.3. The van der Waals surface area contributed by atoms with E-state index in [9.17, 15) is 35.9 Å². The number of aromatic nitrogens is 2. The van der Waals surface area contributed by atoms with Crippen molar-refractivity contribution in [3.05, 3.63) is 63.2 Å². The average molecular weight is 555 g/mol. The van der Waals surface area contributed by atoms with Gasteiger partial charge in [-0.3, -0.25) is 4.99 Å². The zero-order valence-corrected chi connectivity index (χ0v) is 21.0. The number of H-pyrrole nitrogens is 1. The molecule has 9 nitrogen and oxygen atoms in total. The van der Waals surface area contributed by atoms with Crippen molar-refractivity contribution in [1.29, 1.82) is 0 Å². The van der Waals surface area contributed by atoms with E-state index in [-0.39, 0.29) is 5.56 Å². The molecule has 0 amide bonds. The Balaban J connectivity index is 2.07. The molecule has 1 aromatic heterocycles. The number of aryl methyl sites for hydroxylation is 1. The van der Waals surface area contributed by atoms with Gasteiger partial charge in [-0.1, -0.05) is 19.1 Å².